The van der Waals surface area contributed by atoms with Crippen molar-refractivity contribution in [1.82, 2.24) is 9.88 Å². The summed E-state index contributed by atoms with van der Waals surface area (Å²) in [5, 5.41) is 8.99. The van der Waals surface area contributed by atoms with Gasteiger partial charge < -0.3 is 9.47 Å². The Labute approximate surface area is 176 Å². The minimum absolute atomic E-state index is 0.210. The molecular weight excluding hydrogens is 381 g/mol. The zero-order valence-corrected chi connectivity index (χ0v) is 17.2. The third-order valence-electron chi connectivity index (χ3n) is 6.75. The number of piperidine rings is 1. The van der Waals surface area contributed by atoms with E-state index in [0.717, 1.165) is 61.7 Å². The summed E-state index contributed by atoms with van der Waals surface area (Å²) in [7, 11) is 0. The van der Waals surface area contributed by atoms with Crippen molar-refractivity contribution >= 4 is 0 Å². The molecule has 0 aliphatic carbocycles. The molecule has 156 valence electrons. The number of aromatic nitrogens is 1. The van der Waals surface area contributed by atoms with Gasteiger partial charge in [-0.3, -0.25) is 4.90 Å². The van der Waals surface area contributed by atoms with Crippen molar-refractivity contribution in [2.24, 2.45) is 5.92 Å². The van der Waals surface area contributed by atoms with E-state index >= 15 is 0 Å². The molecule has 3 aliphatic heterocycles. The largest absolute Gasteiger partial charge is 0.378 e. The Bertz CT molecular complexity index is 990. The maximum absolute atomic E-state index is 14.6. The van der Waals surface area contributed by atoms with E-state index < -0.39 is 0 Å². The summed E-state index contributed by atoms with van der Waals surface area (Å²) >= 11 is 0. The van der Waals surface area contributed by atoms with Crippen LogP contribution in [-0.2, 0) is 28.1 Å². The number of hydrogen-bond donors (Lipinski definition) is 0. The van der Waals surface area contributed by atoms with Crippen LogP contribution in [0.2, 0.25) is 0 Å². The molecular formula is C24H26FN3O2. The van der Waals surface area contributed by atoms with E-state index in [1.807, 2.05) is 12.1 Å². The number of likely N-dealkylation sites (tertiary alicyclic amines) is 1. The molecule has 5 rings (SSSR count). The van der Waals surface area contributed by atoms with Crippen LogP contribution >= 0.6 is 0 Å². The quantitative estimate of drug-likeness (QED) is 0.771. The third-order valence-corrected chi connectivity index (χ3v) is 6.75. The molecule has 2 fully saturated rings. The molecule has 1 aromatic heterocycles. The highest BCUT2D eigenvalue weighted by atomic mass is 19.1. The molecule has 0 saturated carbocycles. The lowest BCUT2D eigenvalue weighted by molar-refractivity contribution is -0.120. The lowest BCUT2D eigenvalue weighted by atomic mass is 9.86. The Hall–Kier alpha value is -2.33. The molecule has 1 atom stereocenters. The molecule has 0 amide bonds. The summed E-state index contributed by atoms with van der Waals surface area (Å²) in [5.41, 5.74) is 3.93. The van der Waals surface area contributed by atoms with Gasteiger partial charge in [0.15, 0.2) is 0 Å². The summed E-state index contributed by atoms with van der Waals surface area (Å²) in [6, 6.07) is 12.0. The third kappa shape index (κ3) is 3.41. The number of ether oxygens (including phenoxy) is 2. The molecule has 1 aromatic carbocycles. The van der Waals surface area contributed by atoms with Gasteiger partial charge >= 0.3 is 0 Å². The highest BCUT2D eigenvalue weighted by Crippen LogP contribution is 2.44. The van der Waals surface area contributed by atoms with Crippen molar-refractivity contribution in [3.63, 3.8) is 0 Å². The van der Waals surface area contributed by atoms with Crippen molar-refractivity contribution < 1.29 is 13.9 Å². The van der Waals surface area contributed by atoms with Crippen LogP contribution in [0.15, 0.2) is 30.3 Å². The smallest absolute Gasteiger partial charge is 0.127 e. The maximum Gasteiger partial charge on any atom is 0.127 e. The summed E-state index contributed by atoms with van der Waals surface area (Å²) in [6.45, 7) is 6.04. The lowest BCUT2D eigenvalue weighted by Crippen LogP contribution is -2.54. The molecule has 0 radical (unpaired) electrons. The van der Waals surface area contributed by atoms with E-state index in [1.54, 1.807) is 13.0 Å². The predicted molar refractivity (Wildman–Crippen MR) is 110 cm³/mol. The molecule has 3 aliphatic rings. The summed E-state index contributed by atoms with van der Waals surface area (Å²) in [4.78, 5) is 7.46. The first-order valence-electron chi connectivity index (χ1n) is 10.7. The first-order valence-corrected chi connectivity index (χ1v) is 10.7. The second-order valence-electron chi connectivity index (χ2n) is 8.75. The van der Waals surface area contributed by atoms with Crippen molar-refractivity contribution in [3.05, 3.63) is 53.0 Å². The van der Waals surface area contributed by atoms with Crippen LogP contribution in [0.25, 0.3) is 11.3 Å². The Morgan fingerprint density at radius 1 is 1.27 bits per heavy atom. The van der Waals surface area contributed by atoms with E-state index in [1.165, 1.54) is 6.07 Å². The van der Waals surface area contributed by atoms with Gasteiger partial charge in [0.1, 0.15) is 11.4 Å². The predicted octanol–water partition coefficient (Wildman–Crippen LogP) is 3.81. The number of pyridine rings is 1. The van der Waals surface area contributed by atoms with Crippen LogP contribution in [-0.4, -0.2) is 42.2 Å². The highest BCUT2D eigenvalue weighted by molar-refractivity contribution is 5.61. The zero-order valence-electron chi connectivity index (χ0n) is 17.2. The van der Waals surface area contributed by atoms with Gasteiger partial charge in [-0.1, -0.05) is 18.2 Å². The van der Waals surface area contributed by atoms with E-state index in [-0.39, 0.29) is 17.3 Å². The molecule has 0 unspecified atom stereocenters. The van der Waals surface area contributed by atoms with Crippen molar-refractivity contribution in [2.75, 3.05) is 26.3 Å². The van der Waals surface area contributed by atoms with Gasteiger partial charge in [-0.05, 0) is 43.9 Å². The fourth-order valence-electron chi connectivity index (χ4n) is 4.76. The van der Waals surface area contributed by atoms with Gasteiger partial charge in [-0.2, -0.15) is 5.26 Å². The van der Waals surface area contributed by atoms with E-state index in [9.17, 15) is 4.39 Å². The van der Waals surface area contributed by atoms with Crippen LogP contribution in [0.3, 0.4) is 0 Å². The average molecular weight is 407 g/mol. The fourth-order valence-corrected chi connectivity index (χ4v) is 4.76. The minimum Gasteiger partial charge on any atom is -0.378 e. The number of benzene rings is 1. The van der Waals surface area contributed by atoms with Gasteiger partial charge in [0.2, 0.25) is 0 Å². The number of nitriles is 1. The van der Waals surface area contributed by atoms with Gasteiger partial charge in [-0.25, -0.2) is 9.37 Å². The number of rotatable bonds is 4. The molecule has 2 saturated heterocycles. The van der Waals surface area contributed by atoms with Crippen LogP contribution in [0.1, 0.15) is 36.6 Å². The van der Waals surface area contributed by atoms with E-state index in [4.69, 9.17) is 19.7 Å². The molecule has 4 heterocycles. The van der Waals surface area contributed by atoms with Crippen molar-refractivity contribution in [2.45, 2.75) is 44.4 Å². The van der Waals surface area contributed by atoms with Crippen LogP contribution in [0.4, 0.5) is 4.39 Å². The Morgan fingerprint density at radius 2 is 2.07 bits per heavy atom. The van der Waals surface area contributed by atoms with Gasteiger partial charge in [0.25, 0.3) is 0 Å². The molecule has 0 bridgehead atoms. The molecule has 1 spiro atoms. The van der Waals surface area contributed by atoms with Crippen LogP contribution < -0.4 is 0 Å². The highest BCUT2D eigenvalue weighted by Gasteiger charge is 2.45. The monoisotopic (exact) mass is 407 g/mol. The minimum atomic E-state index is -0.326. The Morgan fingerprint density at radius 3 is 2.73 bits per heavy atom. The van der Waals surface area contributed by atoms with Gasteiger partial charge in [0.05, 0.1) is 43.3 Å². The zero-order chi connectivity index (χ0) is 20.7. The molecule has 6 heteroatoms. The van der Waals surface area contributed by atoms with E-state index in [0.29, 0.717) is 24.6 Å². The number of fused-ring (bicyclic) bond motifs is 2. The maximum atomic E-state index is 14.6. The SMILES string of the molecule is C[C@H](C#N)Cc1ccc(-c2ccc3c(n2)C2(CCN(C4COC4)CC2)OC3)cc1F. The normalized spacial score (nSPS) is 21.8. The summed E-state index contributed by atoms with van der Waals surface area (Å²) in [6.07, 6.45) is 2.26. The standard InChI is InChI=1S/C24H26FN3O2/c1-16(12-26)10-17-2-3-18(11-21(17)25)22-5-4-19-13-30-24(23(19)27-22)6-8-28(9-7-24)20-14-29-15-20/h2-5,11,16,20H,6-10,13-15H2,1H3/t16-/m0/s1. The van der Waals surface area contributed by atoms with Gasteiger partial charge in [-0.15, -0.1) is 0 Å². The molecule has 2 aromatic rings. The first-order chi connectivity index (χ1) is 14.6. The summed E-state index contributed by atoms with van der Waals surface area (Å²) < 4.78 is 26.3. The van der Waals surface area contributed by atoms with Crippen LogP contribution in [0.5, 0.6) is 0 Å². The Balaban J connectivity index is 1.39. The Kier molecular flexibility index (Phi) is 5.06. The topological polar surface area (TPSA) is 58.4 Å². The van der Waals surface area contributed by atoms with Crippen molar-refractivity contribution in [3.8, 4) is 17.3 Å². The molecule has 30 heavy (non-hydrogen) atoms. The second kappa shape index (κ2) is 7.73. The second-order valence-corrected chi connectivity index (χ2v) is 8.75. The lowest BCUT2D eigenvalue weighted by Gasteiger charge is -2.44. The van der Waals surface area contributed by atoms with Crippen molar-refractivity contribution in [1.29, 1.82) is 5.26 Å². The fraction of sp³-hybridized carbons (Fsp3) is 0.500. The first kappa shape index (κ1) is 19.6. The summed E-state index contributed by atoms with van der Waals surface area (Å²) in [5.74, 6) is -0.489. The van der Waals surface area contributed by atoms with Crippen LogP contribution in [0, 0.1) is 23.1 Å². The number of nitrogens with zero attached hydrogens (tertiary/aromatic N) is 3. The average Bonchev–Trinajstić information content (AvgIpc) is 3.07. The number of hydrogen-bond acceptors (Lipinski definition) is 5. The number of halogens is 1. The molecule has 5 nitrogen and oxygen atoms in total. The van der Waals surface area contributed by atoms with E-state index in [2.05, 4.69) is 17.0 Å². The molecule has 0 N–H and O–H groups in total. The van der Waals surface area contributed by atoms with Gasteiger partial charge in [0, 0.05) is 30.1 Å².